The van der Waals surface area contributed by atoms with E-state index in [9.17, 15) is 9.59 Å². The first-order chi connectivity index (χ1) is 13.7. The number of fused-ring (bicyclic) bond motifs is 2. The van der Waals surface area contributed by atoms with E-state index in [1.807, 2.05) is 54.6 Å². The molecule has 4 rings (SSSR count). The Labute approximate surface area is 162 Å². The zero-order valence-electron chi connectivity index (χ0n) is 15.0. The molecule has 0 aliphatic carbocycles. The molecule has 3 aromatic rings. The van der Waals surface area contributed by atoms with Crippen LogP contribution in [-0.2, 0) is 22.4 Å². The van der Waals surface area contributed by atoms with Gasteiger partial charge in [0.15, 0.2) is 6.61 Å². The highest BCUT2D eigenvalue weighted by atomic mass is 16.5. The van der Waals surface area contributed by atoms with Gasteiger partial charge in [0.1, 0.15) is 11.8 Å². The van der Waals surface area contributed by atoms with E-state index in [1.165, 1.54) is 12.3 Å². The number of aryl methyl sites for hydroxylation is 2. The maximum atomic E-state index is 13.1. The van der Waals surface area contributed by atoms with E-state index in [0.29, 0.717) is 5.56 Å². The summed E-state index contributed by atoms with van der Waals surface area (Å²) in [6, 6.07) is 18.8. The Kier molecular flexibility index (Phi) is 4.65. The van der Waals surface area contributed by atoms with Crippen LogP contribution in [0.25, 0.3) is 0 Å². The minimum Gasteiger partial charge on any atom is -0.451 e. The van der Waals surface area contributed by atoms with Gasteiger partial charge in [-0.05, 0) is 42.2 Å². The molecule has 2 aromatic carbocycles. The number of H-pyrrole nitrogens is 1. The van der Waals surface area contributed by atoms with Crippen LogP contribution in [0.3, 0.4) is 0 Å². The van der Waals surface area contributed by atoms with Crippen molar-refractivity contribution in [2.24, 2.45) is 0 Å². The van der Waals surface area contributed by atoms with Crippen LogP contribution in [0.4, 0.5) is 11.4 Å². The predicted molar refractivity (Wildman–Crippen MR) is 103 cm³/mol. The maximum Gasteiger partial charge on any atom is 0.355 e. The van der Waals surface area contributed by atoms with Crippen molar-refractivity contribution in [1.29, 1.82) is 5.26 Å². The number of aromatic amines is 1. The van der Waals surface area contributed by atoms with Crippen molar-refractivity contribution in [1.82, 2.24) is 4.98 Å². The second-order valence-corrected chi connectivity index (χ2v) is 6.48. The summed E-state index contributed by atoms with van der Waals surface area (Å²) < 4.78 is 5.20. The molecule has 138 valence electrons. The van der Waals surface area contributed by atoms with Crippen LogP contribution in [0.5, 0.6) is 0 Å². The van der Waals surface area contributed by atoms with Crippen molar-refractivity contribution in [2.75, 3.05) is 11.5 Å². The van der Waals surface area contributed by atoms with Crippen LogP contribution in [-0.4, -0.2) is 23.5 Å². The normalized spacial score (nSPS) is 12.3. The summed E-state index contributed by atoms with van der Waals surface area (Å²) in [7, 11) is 0. The summed E-state index contributed by atoms with van der Waals surface area (Å²) in [5.41, 5.74) is 4.22. The molecule has 0 fully saturated rings. The zero-order valence-corrected chi connectivity index (χ0v) is 15.0. The molecule has 6 nitrogen and oxygen atoms in total. The number of carbonyl (C=O) groups is 2. The van der Waals surface area contributed by atoms with Crippen LogP contribution in [0, 0.1) is 11.3 Å². The molecule has 1 N–H and O–H groups in total. The molecule has 1 amide bonds. The number of rotatable bonds is 3. The van der Waals surface area contributed by atoms with Crippen LogP contribution < -0.4 is 4.90 Å². The van der Waals surface area contributed by atoms with Gasteiger partial charge in [-0.1, -0.05) is 36.4 Å². The van der Waals surface area contributed by atoms with Gasteiger partial charge in [-0.25, -0.2) is 4.79 Å². The molecule has 6 heteroatoms. The molecule has 1 aliphatic heterocycles. The highest BCUT2D eigenvalue weighted by Crippen LogP contribution is 2.35. The number of amides is 1. The van der Waals surface area contributed by atoms with E-state index in [1.54, 1.807) is 4.90 Å². The molecule has 28 heavy (non-hydrogen) atoms. The molecule has 0 unspecified atom stereocenters. The van der Waals surface area contributed by atoms with Crippen molar-refractivity contribution < 1.29 is 14.3 Å². The average Bonchev–Trinajstić information content (AvgIpc) is 3.15. The fourth-order valence-corrected chi connectivity index (χ4v) is 3.39. The number of aromatic nitrogens is 1. The largest absolute Gasteiger partial charge is 0.451 e. The summed E-state index contributed by atoms with van der Waals surface area (Å²) in [4.78, 5) is 29.6. The number of esters is 1. The number of nitrogens with one attached hydrogen (secondary N) is 1. The lowest BCUT2D eigenvalue weighted by Crippen LogP contribution is -2.31. The lowest BCUT2D eigenvalue weighted by atomic mass is 10.0. The molecule has 0 saturated heterocycles. The Balaban J connectivity index is 1.60. The van der Waals surface area contributed by atoms with Crippen LogP contribution in [0.2, 0.25) is 0 Å². The predicted octanol–water partition coefficient (Wildman–Crippen LogP) is 3.51. The zero-order chi connectivity index (χ0) is 19.5. The Hall–Kier alpha value is -3.85. The number of nitriles is 1. The SMILES string of the molecule is N#Cc1c[nH]c(C(=O)OCC(=O)N2c3ccccc3CCc3ccccc32)c1. The Morgan fingerprint density at radius 1 is 1.04 bits per heavy atom. The summed E-state index contributed by atoms with van der Waals surface area (Å²) in [6.45, 7) is -0.400. The first kappa shape index (κ1) is 17.6. The number of anilines is 2. The minimum absolute atomic E-state index is 0.140. The summed E-state index contributed by atoms with van der Waals surface area (Å²) >= 11 is 0. The molecule has 2 heterocycles. The molecule has 1 aromatic heterocycles. The molecule has 0 bridgehead atoms. The number of ether oxygens (including phenoxy) is 1. The van der Waals surface area contributed by atoms with E-state index in [4.69, 9.17) is 10.00 Å². The molecule has 0 saturated carbocycles. The van der Waals surface area contributed by atoms with Gasteiger partial charge in [0, 0.05) is 6.20 Å². The van der Waals surface area contributed by atoms with Gasteiger partial charge in [-0.15, -0.1) is 0 Å². The van der Waals surface area contributed by atoms with Crippen molar-refractivity contribution >= 4 is 23.3 Å². The van der Waals surface area contributed by atoms with Crippen molar-refractivity contribution in [2.45, 2.75) is 12.8 Å². The minimum atomic E-state index is -0.675. The standard InChI is InChI=1S/C22H17N3O3/c23-12-15-11-18(24-13-15)22(27)28-14-21(26)25-19-7-3-1-5-16(19)9-10-17-6-2-4-8-20(17)25/h1-8,11,13,24H,9-10,14H2. The van der Waals surface area contributed by atoms with Gasteiger partial charge >= 0.3 is 5.97 Å². The smallest absolute Gasteiger partial charge is 0.355 e. The molecule has 0 atom stereocenters. The average molecular weight is 371 g/mol. The lowest BCUT2D eigenvalue weighted by Gasteiger charge is -2.24. The second kappa shape index (κ2) is 7.41. The van der Waals surface area contributed by atoms with Crippen LogP contribution in [0.15, 0.2) is 60.8 Å². The molecule has 0 spiro atoms. The third-order valence-corrected chi connectivity index (χ3v) is 4.74. The maximum absolute atomic E-state index is 13.1. The molecular formula is C22H17N3O3. The first-order valence-corrected chi connectivity index (χ1v) is 8.92. The van der Waals surface area contributed by atoms with Gasteiger partial charge in [0.05, 0.1) is 16.9 Å². The highest BCUT2D eigenvalue weighted by Gasteiger charge is 2.26. The van der Waals surface area contributed by atoms with Gasteiger partial charge in [0.2, 0.25) is 0 Å². The summed E-state index contributed by atoms with van der Waals surface area (Å²) in [5, 5.41) is 8.85. The Bertz CT molecular complexity index is 1050. The molecule has 1 aliphatic rings. The number of para-hydroxylation sites is 2. The Morgan fingerprint density at radius 2 is 1.64 bits per heavy atom. The van der Waals surface area contributed by atoms with E-state index < -0.39 is 12.6 Å². The van der Waals surface area contributed by atoms with Gasteiger partial charge in [-0.3, -0.25) is 9.69 Å². The number of nitrogens with zero attached hydrogens (tertiary/aromatic N) is 2. The van der Waals surface area contributed by atoms with Crippen molar-refractivity contribution in [3.63, 3.8) is 0 Å². The van der Waals surface area contributed by atoms with E-state index >= 15 is 0 Å². The van der Waals surface area contributed by atoms with Crippen molar-refractivity contribution in [3.05, 3.63) is 83.2 Å². The molecule has 0 radical (unpaired) electrons. The monoisotopic (exact) mass is 371 g/mol. The third kappa shape index (κ3) is 3.26. The third-order valence-electron chi connectivity index (χ3n) is 4.74. The first-order valence-electron chi connectivity index (χ1n) is 8.92. The van der Waals surface area contributed by atoms with Gasteiger partial charge in [-0.2, -0.15) is 5.26 Å². The van der Waals surface area contributed by atoms with Gasteiger partial charge < -0.3 is 9.72 Å². The van der Waals surface area contributed by atoms with Crippen LogP contribution >= 0.6 is 0 Å². The fourth-order valence-electron chi connectivity index (χ4n) is 3.39. The molecular weight excluding hydrogens is 354 g/mol. The quantitative estimate of drug-likeness (QED) is 0.714. The number of hydrogen-bond acceptors (Lipinski definition) is 4. The summed E-state index contributed by atoms with van der Waals surface area (Å²) in [6.07, 6.45) is 3.08. The van der Waals surface area contributed by atoms with Gasteiger partial charge in [0.25, 0.3) is 5.91 Å². The van der Waals surface area contributed by atoms with Crippen LogP contribution in [0.1, 0.15) is 27.2 Å². The number of carbonyl (C=O) groups excluding carboxylic acids is 2. The van der Waals surface area contributed by atoms with Crippen molar-refractivity contribution in [3.8, 4) is 6.07 Å². The fraction of sp³-hybridized carbons (Fsp3) is 0.136. The van der Waals surface area contributed by atoms with E-state index in [-0.39, 0.29) is 11.6 Å². The second-order valence-electron chi connectivity index (χ2n) is 6.48. The lowest BCUT2D eigenvalue weighted by molar-refractivity contribution is -0.121. The summed E-state index contributed by atoms with van der Waals surface area (Å²) in [5.74, 6) is -1.01. The Morgan fingerprint density at radius 3 is 2.21 bits per heavy atom. The number of hydrogen-bond donors (Lipinski definition) is 1. The highest BCUT2D eigenvalue weighted by molar-refractivity contribution is 6.04. The number of benzene rings is 2. The van der Waals surface area contributed by atoms with E-state index in [2.05, 4.69) is 4.98 Å². The topological polar surface area (TPSA) is 86.2 Å². The van der Waals surface area contributed by atoms with E-state index in [0.717, 1.165) is 35.3 Å².